The van der Waals surface area contributed by atoms with Crippen LogP contribution in [0.4, 0.5) is 5.69 Å². The number of sulfonamides is 1. The van der Waals surface area contributed by atoms with Gasteiger partial charge in [0.2, 0.25) is 0 Å². The Bertz CT molecular complexity index is 1210. The van der Waals surface area contributed by atoms with Crippen molar-refractivity contribution in [3.8, 4) is 10.6 Å². The average Bonchev–Trinajstić information content (AvgIpc) is 3.43. The molecule has 0 unspecified atom stereocenters. The molecule has 0 saturated carbocycles. The third-order valence-corrected chi connectivity index (χ3v) is 9.10. The van der Waals surface area contributed by atoms with E-state index in [-0.39, 0.29) is 10.1 Å². The maximum atomic E-state index is 12.9. The van der Waals surface area contributed by atoms with Crippen LogP contribution in [0.1, 0.15) is 39.3 Å². The van der Waals surface area contributed by atoms with Gasteiger partial charge in [-0.25, -0.2) is 13.4 Å². The highest BCUT2D eigenvalue weighted by atomic mass is 32.2. The standard InChI is InChI=1S/C21H23N3O3S3/c1-13-6-7-17(14(2)10-13)23-30(26,27)18-11-16(12-28-18)20-22-15(3)19(29-20)21(25)24-8-4-5-9-24/h6-7,10-12,23H,4-5,8-9H2,1-3H3. The molecule has 1 N–H and O–H groups in total. The molecular weight excluding hydrogens is 438 g/mol. The van der Waals surface area contributed by atoms with E-state index < -0.39 is 10.0 Å². The van der Waals surface area contributed by atoms with Crippen LogP contribution in [0.5, 0.6) is 0 Å². The van der Waals surface area contributed by atoms with Gasteiger partial charge < -0.3 is 4.90 Å². The van der Waals surface area contributed by atoms with Crippen LogP contribution in [-0.4, -0.2) is 37.3 Å². The zero-order valence-electron chi connectivity index (χ0n) is 17.1. The smallest absolute Gasteiger partial charge is 0.271 e. The Morgan fingerprint density at radius 1 is 1.13 bits per heavy atom. The topological polar surface area (TPSA) is 79.4 Å². The fourth-order valence-corrected chi connectivity index (χ4v) is 6.87. The van der Waals surface area contributed by atoms with Gasteiger partial charge in [0.05, 0.1) is 11.4 Å². The Balaban J connectivity index is 1.58. The van der Waals surface area contributed by atoms with Crippen molar-refractivity contribution in [3.63, 3.8) is 0 Å². The van der Waals surface area contributed by atoms with Crippen LogP contribution < -0.4 is 4.72 Å². The van der Waals surface area contributed by atoms with Gasteiger partial charge in [0.25, 0.3) is 15.9 Å². The van der Waals surface area contributed by atoms with E-state index in [1.807, 2.05) is 37.8 Å². The van der Waals surface area contributed by atoms with E-state index in [9.17, 15) is 13.2 Å². The largest absolute Gasteiger partial charge is 0.338 e. The predicted molar refractivity (Wildman–Crippen MR) is 122 cm³/mol. The molecule has 4 rings (SSSR count). The molecule has 0 bridgehead atoms. The Morgan fingerprint density at radius 2 is 1.87 bits per heavy atom. The fourth-order valence-electron chi connectivity index (χ4n) is 3.47. The van der Waals surface area contributed by atoms with E-state index in [0.29, 0.717) is 21.3 Å². The van der Waals surface area contributed by atoms with E-state index in [2.05, 4.69) is 9.71 Å². The second-order valence-corrected chi connectivity index (χ2v) is 11.3. The summed E-state index contributed by atoms with van der Waals surface area (Å²) in [4.78, 5) is 19.8. The van der Waals surface area contributed by atoms with E-state index in [4.69, 9.17) is 0 Å². The van der Waals surface area contributed by atoms with Gasteiger partial charge in [-0.3, -0.25) is 9.52 Å². The minimum absolute atomic E-state index is 0.0216. The van der Waals surface area contributed by atoms with Gasteiger partial charge in [0, 0.05) is 24.0 Å². The van der Waals surface area contributed by atoms with Crippen LogP contribution in [0.25, 0.3) is 10.6 Å². The third-order valence-electron chi connectivity index (χ3n) is 5.10. The molecule has 30 heavy (non-hydrogen) atoms. The van der Waals surface area contributed by atoms with Gasteiger partial charge in [-0.15, -0.1) is 22.7 Å². The van der Waals surface area contributed by atoms with Gasteiger partial charge in [-0.2, -0.15) is 0 Å². The summed E-state index contributed by atoms with van der Waals surface area (Å²) in [5.41, 5.74) is 3.92. The van der Waals surface area contributed by atoms with E-state index in [1.54, 1.807) is 17.5 Å². The monoisotopic (exact) mass is 461 g/mol. The first-order valence-corrected chi connectivity index (χ1v) is 12.9. The van der Waals surface area contributed by atoms with Crippen molar-refractivity contribution in [1.82, 2.24) is 9.88 Å². The van der Waals surface area contributed by atoms with Crippen LogP contribution in [0.2, 0.25) is 0 Å². The molecule has 1 fully saturated rings. The molecule has 1 aromatic carbocycles. The summed E-state index contributed by atoms with van der Waals surface area (Å²) in [6.07, 6.45) is 2.07. The molecule has 1 aliphatic heterocycles. The maximum Gasteiger partial charge on any atom is 0.271 e. The van der Waals surface area contributed by atoms with Crippen molar-refractivity contribution in [2.45, 2.75) is 37.8 Å². The lowest BCUT2D eigenvalue weighted by Crippen LogP contribution is -2.27. The number of aromatic nitrogens is 1. The molecule has 0 spiro atoms. The van der Waals surface area contributed by atoms with Crippen LogP contribution in [-0.2, 0) is 10.0 Å². The summed E-state index contributed by atoms with van der Waals surface area (Å²) in [7, 11) is -3.70. The Hall–Kier alpha value is -2.23. The Morgan fingerprint density at radius 3 is 2.57 bits per heavy atom. The number of nitrogens with zero attached hydrogens (tertiary/aromatic N) is 2. The molecule has 1 aliphatic rings. The number of carbonyl (C=O) groups excluding carboxylic acids is 1. The summed E-state index contributed by atoms with van der Waals surface area (Å²) in [6.45, 7) is 7.25. The Kier molecular flexibility index (Phi) is 5.69. The molecule has 6 nitrogen and oxygen atoms in total. The maximum absolute atomic E-state index is 12.9. The zero-order chi connectivity index (χ0) is 21.5. The highest BCUT2D eigenvalue weighted by Crippen LogP contribution is 2.34. The third kappa shape index (κ3) is 4.14. The number of anilines is 1. The van der Waals surface area contributed by atoms with E-state index in [1.165, 1.54) is 11.3 Å². The van der Waals surface area contributed by atoms with Gasteiger partial charge in [0.15, 0.2) is 0 Å². The molecule has 0 aliphatic carbocycles. The molecular formula is C21H23N3O3S3. The van der Waals surface area contributed by atoms with Crippen molar-refractivity contribution in [2.75, 3.05) is 17.8 Å². The minimum Gasteiger partial charge on any atom is -0.338 e. The fraction of sp³-hybridized carbons (Fsp3) is 0.333. The van der Waals surface area contributed by atoms with Crippen molar-refractivity contribution in [3.05, 3.63) is 51.3 Å². The lowest BCUT2D eigenvalue weighted by Gasteiger charge is -2.13. The number of rotatable bonds is 5. The van der Waals surface area contributed by atoms with Crippen LogP contribution in [0, 0.1) is 20.8 Å². The lowest BCUT2D eigenvalue weighted by molar-refractivity contribution is 0.0796. The number of amides is 1. The number of hydrogen-bond donors (Lipinski definition) is 1. The first-order valence-electron chi connectivity index (χ1n) is 9.70. The quantitative estimate of drug-likeness (QED) is 0.590. The number of carbonyl (C=O) groups is 1. The summed E-state index contributed by atoms with van der Waals surface area (Å²) < 4.78 is 28.6. The number of hydrogen-bond acceptors (Lipinski definition) is 6. The van der Waals surface area contributed by atoms with Crippen molar-refractivity contribution >= 4 is 44.3 Å². The van der Waals surface area contributed by atoms with Crippen LogP contribution >= 0.6 is 22.7 Å². The van der Waals surface area contributed by atoms with E-state index in [0.717, 1.165) is 54.0 Å². The summed E-state index contributed by atoms with van der Waals surface area (Å²) in [6, 6.07) is 7.22. The summed E-state index contributed by atoms with van der Waals surface area (Å²) in [5, 5.41) is 2.44. The van der Waals surface area contributed by atoms with Crippen molar-refractivity contribution in [1.29, 1.82) is 0 Å². The number of aryl methyl sites for hydroxylation is 3. The van der Waals surface area contributed by atoms with Crippen molar-refractivity contribution < 1.29 is 13.2 Å². The molecule has 158 valence electrons. The summed E-state index contributed by atoms with van der Waals surface area (Å²) >= 11 is 2.48. The Labute approximate surface area is 184 Å². The highest BCUT2D eigenvalue weighted by Gasteiger charge is 2.25. The van der Waals surface area contributed by atoms with Crippen LogP contribution in [0.15, 0.2) is 33.9 Å². The average molecular weight is 462 g/mol. The highest BCUT2D eigenvalue weighted by molar-refractivity contribution is 7.94. The van der Waals surface area contributed by atoms with Gasteiger partial charge >= 0.3 is 0 Å². The number of thiophene rings is 1. The number of benzene rings is 1. The first kappa shape index (κ1) is 21.0. The second-order valence-electron chi connectivity index (χ2n) is 7.51. The predicted octanol–water partition coefficient (Wildman–Crippen LogP) is 4.83. The van der Waals surface area contributed by atoms with Gasteiger partial charge in [-0.05, 0) is 51.3 Å². The molecule has 9 heteroatoms. The summed E-state index contributed by atoms with van der Waals surface area (Å²) in [5.74, 6) is 0.0216. The molecule has 1 amide bonds. The molecule has 3 aromatic rings. The number of likely N-dealkylation sites (tertiary alicyclic amines) is 1. The minimum atomic E-state index is -3.70. The first-order chi connectivity index (χ1) is 14.2. The molecule has 0 radical (unpaired) electrons. The molecule has 1 saturated heterocycles. The van der Waals surface area contributed by atoms with Gasteiger partial charge in [-0.1, -0.05) is 17.7 Å². The molecule has 2 aromatic heterocycles. The van der Waals surface area contributed by atoms with Crippen LogP contribution in [0.3, 0.4) is 0 Å². The number of thiazole rings is 1. The number of nitrogens with one attached hydrogen (secondary N) is 1. The SMILES string of the molecule is Cc1ccc(NS(=O)(=O)c2cc(-c3nc(C)c(C(=O)N4CCCC4)s3)cs2)c(C)c1. The van der Waals surface area contributed by atoms with Gasteiger partial charge in [0.1, 0.15) is 14.1 Å². The van der Waals surface area contributed by atoms with Crippen molar-refractivity contribution in [2.24, 2.45) is 0 Å². The normalized spacial score (nSPS) is 14.3. The molecule has 3 heterocycles. The molecule has 0 atom stereocenters. The lowest BCUT2D eigenvalue weighted by atomic mass is 10.1. The second kappa shape index (κ2) is 8.13. The zero-order valence-corrected chi connectivity index (χ0v) is 19.5. The van der Waals surface area contributed by atoms with E-state index >= 15 is 0 Å².